The van der Waals surface area contributed by atoms with Crippen molar-refractivity contribution in [3.05, 3.63) is 64.7 Å². The third-order valence-electron chi connectivity index (χ3n) is 5.83. The van der Waals surface area contributed by atoms with Crippen LogP contribution in [-0.4, -0.2) is 41.9 Å². The van der Waals surface area contributed by atoms with Crippen LogP contribution in [0, 0.1) is 5.92 Å². The highest BCUT2D eigenvalue weighted by atomic mass is 32.1. The van der Waals surface area contributed by atoms with Gasteiger partial charge in [0.1, 0.15) is 22.4 Å². The Morgan fingerprint density at radius 2 is 1.54 bits per heavy atom. The van der Waals surface area contributed by atoms with E-state index in [1.165, 1.54) is 4.90 Å². The van der Waals surface area contributed by atoms with E-state index in [2.05, 4.69) is 23.5 Å². The molecule has 0 spiro atoms. The van der Waals surface area contributed by atoms with Gasteiger partial charge in [0.15, 0.2) is 5.69 Å². The number of hydrogen-bond acceptors (Lipinski definition) is 8. The molecule has 39 heavy (non-hydrogen) atoms. The topological polar surface area (TPSA) is 150 Å². The van der Waals surface area contributed by atoms with Gasteiger partial charge in [0.2, 0.25) is 5.91 Å². The largest absolute Gasteiger partial charge is 0.494 e. The summed E-state index contributed by atoms with van der Waals surface area (Å²) >= 11 is 0.759. The summed E-state index contributed by atoms with van der Waals surface area (Å²) in [5.41, 5.74) is 12.2. The molecule has 11 heteroatoms. The molecule has 2 aromatic carbocycles. The van der Waals surface area contributed by atoms with Crippen LogP contribution in [0.1, 0.15) is 65.9 Å². The number of nitrogens with zero attached hydrogens (tertiary/aromatic N) is 2. The lowest BCUT2D eigenvalue weighted by Crippen LogP contribution is -2.44. The van der Waals surface area contributed by atoms with Crippen LogP contribution in [0.4, 0.5) is 11.4 Å². The van der Waals surface area contributed by atoms with Crippen molar-refractivity contribution in [3.8, 4) is 11.5 Å². The third-order valence-corrected chi connectivity index (χ3v) is 6.69. The van der Waals surface area contributed by atoms with Gasteiger partial charge in [-0.15, -0.1) is 0 Å². The average Bonchev–Trinajstić information content (AvgIpc) is 3.30. The number of carbonyl (C=O) groups is 3. The van der Waals surface area contributed by atoms with Gasteiger partial charge in [-0.2, -0.15) is 4.37 Å². The van der Waals surface area contributed by atoms with Crippen LogP contribution in [0.5, 0.6) is 11.5 Å². The van der Waals surface area contributed by atoms with E-state index in [1.54, 1.807) is 48.5 Å². The third kappa shape index (κ3) is 7.26. The zero-order valence-corrected chi connectivity index (χ0v) is 23.4. The summed E-state index contributed by atoms with van der Waals surface area (Å²) in [6.45, 7) is 9.28. The first-order valence-electron chi connectivity index (χ1n) is 12.8. The lowest BCUT2D eigenvalue weighted by atomic mass is 10.0. The monoisotopic (exact) mass is 553 g/mol. The van der Waals surface area contributed by atoms with Crippen LogP contribution in [0.3, 0.4) is 0 Å². The highest BCUT2D eigenvalue weighted by molar-refractivity contribution is 7.09. The molecule has 3 amide bonds. The first kappa shape index (κ1) is 29.4. The van der Waals surface area contributed by atoms with Gasteiger partial charge in [-0.25, -0.2) is 0 Å². The van der Waals surface area contributed by atoms with Crippen molar-refractivity contribution in [2.75, 3.05) is 30.4 Å². The normalized spacial score (nSPS) is 11.6. The van der Waals surface area contributed by atoms with E-state index in [-0.39, 0.29) is 22.2 Å². The molecular formula is C28H35N5O5S. The number of ether oxygens (including phenoxy) is 2. The van der Waals surface area contributed by atoms with Crippen molar-refractivity contribution in [2.24, 2.45) is 11.7 Å². The Hall–Kier alpha value is -4.12. The lowest BCUT2D eigenvalue weighted by Gasteiger charge is -2.31. The van der Waals surface area contributed by atoms with Crippen molar-refractivity contribution in [1.82, 2.24) is 9.69 Å². The van der Waals surface area contributed by atoms with Crippen molar-refractivity contribution >= 4 is 40.6 Å². The van der Waals surface area contributed by atoms with E-state index in [9.17, 15) is 14.4 Å². The summed E-state index contributed by atoms with van der Waals surface area (Å²) in [5.74, 6) is -0.190. The molecule has 1 unspecified atom stereocenters. The van der Waals surface area contributed by atoms with Gasteiger partial charge >= 0.3 is 0 Å². The average molecular weight is 554 g/mol. The number of nitrogens with two attached hydrogens (primary N) is 2. The molecule has 0 saturated carbocycles. The van der Waals surface area contributed by atoms with Gasteiger partial charge in [-0.05, 0) is 79.7 Å². The van der Waals surface area contributed by atoms with Gasteiger partial charge in [0, 0.05) is 12.2 Å². The van der Waals surface area contributed by atoms with E-state index < -0.39 is 17.9 Å². The molecule has 208 valence electrons. The molecule has 5 N–H and O–H groups in total. The van der Waals surface area contributed by atoms with Crippen molar-refractivity contribution in [2.45, 2.75) is 40.2 Å². The number of amides is 3. The van der Waals surface area contributed by atoms with Gasteiger partial charge in [-0.3, -0.25) is 19.3 Å². The molecule has 0 radical (unpaired) electrons. The summed E-state index contributed by atoms with van der Waals surface area (Å²) in [7, 11) is 0. The highest BCUT2D eigenvalue weighted by Crippen LogP contribution is 2.34. The van der Waals surface area contributed by atoms with Crippen LogP contribution in [0.25, 0.3) is 0 Å². The van der Waals surface area contributed by atoms with E-state index in [4.69, 9.17) is 20.9 Å². The number of hydrogen-bond donors (Lipinski definition) is 3. The summed E-state index contributed by atoms with van der Waals surface area (Å²) in [5, 5.41) is 2.97. The van der Waals surface area contributed by atoms with E-state index in [1.807, 2.05) is 13.8 Å². The number of anilines is 2. The molecule has 1 heterocycles. The maximum atomic E-state index is 14.1. The van der Waals surface area contributed by atoms with Gasteiger partial charge in [0.05, 0.1) is 18.9 Å². The molecule has 0 aliphatic rings. The maximum absolute atomic E-state index is 14.1. The molecule has 0 bridgehead atoms. The van der Waals surface area contributed by atoms with E-state index >= 15 is 0 Å². The van der Waals surface area contributed by atoms with Crippen LogP contribution in [-0.2, 0) is 4.79 Å². The van der Waals surface area contributed by atoms with Crippen LogP contribution in [0.2, 0.25) is 0 Å². The molecule has 0 fully saturated rings. The summed E-state index contributed by atoms with van der Waals surface area (Å²) in [6.07, 6.45) is 0.766. The molecule has 0 aliphatic carbocycles. The lowest BCUT2D eigenvalue weighted by molar-refractivity contribution is -0.122. The standard InChI is InChI=1S/C28H35N5O5S/c1-5-37-20-11-7-18(8-12-20)24(27(35)31-16-15-17(3)4)33(19-9-13-21(14-10-19)38-6-2)28(36)25-22(29)23(26(30)34)32-39-25/h7-14,17,24H,5-6,15-16,29H2,1-4H3,(H2,30,34)(H,31,35). The number of carbonyl (C=O) groups excluding carboxylic acids is 3. The first-order valence-corrected chi connectivity index (χ1v) is 13.6. The second kappa shape index (κ2) is 13.6. The fourth-order valence-corrected chi connectivity index (χ4v) is 4.65. The molecule has 0 saturated heterocycles. The predicted molar refractivity (Wildman–Crippen MR) is 152 cm³/mol. The Kier molecular flexibility index (Phi) is 10.3. The summed E-state index contributed by atoms with van der Waals surface area (Å²) < 4.78 is 15.1. The van der Waals surface area contributed by atoms with Crippen molar-refractivity contribution in [3.63, 3.8) is 0 Å². The van der Waals surface area contributed by atoms with Gasteiger partial charge in [0.25, 0.3) is 11.8 Å². The van der Waals surface area contributed by atoms with Gasteiger partial charge < -0.3 is 26.3 Å². The highest BCUT2D eigenvalue weighted by Gasteiger charge is 2.36. The zero-order valence-electron chi connectivity index (χ0n) is 22.6. The molecule has 1 atom stereocenters. The molecule has 0 aliphatic heterocycles. The zero-order chi connectivity index (χ0) is 28.5. The Balaban J connectivity index is 2.15. The van der Waals surface area contributed by atoms with Crippen LogP contribution in [0.15, 0.2) is 48.5 Å². The van der Waals surface area contributed by atoms with E-state index in [0.717, 1.165) is 18.0 Å². The number of nitrogen functional groups attached to an aromatic ring is 1. The summed E-state index contributed by atoms with van der Waals surface area (Å²) in [4.78, 5) is 41.0. The number of nitrogens with one attached hydrogen (secondary N) is 1. The van der Waals surface area contributed by atoms with Crippen molar-refractivity contribution < 1.29 is 23.9 Å². The Morgan fingerprint density at radius 3 is 2.03 bits per heavy atom. The molecule has 3 rings (SSSR count). The van der Waals surface area contributed by atoms with Crippen molar-refractivity contribution in [1.29, 1.82) is 0 Å². The molecule has 1 aromatic heterocycles. The first-order chi connectivity index (χ1) is 18.7. The fourth-order valence-electron chi connectivity index (χ4n) is 3.90. The number of rotatable bonds is 13. The SMILES string of the molecule is CCOc1ccc(C(C(=O)NCCC(C)C)N(C(=O)c2snc(C(N)=O)c2N)c2ccc(OCC)cc2)cc1. The quantitative estimate of drug-likeness (QED) is 0.287. The minimum absolute atomic E-state index is 0.00333. The second-order valence-electron chi connectivity index (χ2n) is 9.12. The molecule has 3 aromatic rings. The second-order valence-corrected chi connectivity index (χ2v) is 9.89. The minimum atomic E-state index is -1.07. The Bertz CT molecular complexity index is 1270. The predicted octanol–water partition coefficient (Wildman–Crippen LogP) is 4.17. The minimum Gasteiger partial charge on any atom is -0.494 e. The Morgan fingerprint density at radius 1 is 0.974 bits per heavy atom. The van der Waals surface area contributed by atoms with E-state index in [0.29, 0.717) is 48.4 Å². The molecular weight excluding hydrogens is 518 g/mol. The summed E-state index contributed by atoms with van der Waals surface area (Å²) in [6, 6.07) is 12.7. The number of benzene rings is 2. The fraction of sp³-hybridized carbons (Fsp3) is 0.357. The van der Waals surface area contributed by atoms with Crippen LogP contribution >= 0.6 is 11.5 Å². The maximum Gasteiger partial charge on any atom is 0.273 e. The van der Waals surface area contributed by atoms with Gasteiger partial charge in [-0.1, -0.05) is 26.0 Å². The Labute approximate surface area is 232 Å². The number of primary amides is 1. The molecule has 10 nitrogen and oxygen atoms in total. The smallest absolute Gasteiger partial charge is 0.273 e. The number of aromatic nitrogens is 1. The van der Waals surface area contributed by atoms with Crippen LogP contribution < -0.4 is 31.2 Å².